The van der Waals surface area contributed by atoms with Crippen molar-refractivity contribution in [3.63, 3.8) is 0 Å². The molecule has 4 aromatic carbocycles. The van der Waals surface area contributed by atoms with E-state index >= 15 is 0 Å². The van der Waals surface area contributed by atoms with Gasteiger partial charge in [0.1, 0.15) is 22.7 Å². The second-order valence-electron chi connectivity index (χ2n) is 12.1. The lowest BCUT2D eigenvalue weighted by Gasteiger charge is -2.16. The first kappa shape index (κ1) is 37.4. The maximum absolute atomic E-state index is 11.7. The van der Waals surface area contributed by atoms with Crippen LogP contribution in [0.5, 0.6) is 0 Å². The minimum atomic E-state index is -5.17. The second kappa shape index (κ2) is 15.0. The first-order chi connectivity index (χ1) is 26.1. The predicted octanol–water partition coefficient (Wildman–Crippen LogP) is 2.95. The standard InChI is InChI=1S/2C20H14N2O3.H2O4S/c2*21-11-5-7-15-17(9-11)25-18-10-12(22)6-8-16(18)19(15)13-3-1-2-4-14(13)20(23)24;1-5(2,3)4/h2*1-10,21H,22H2,(H,23,24);(H2,1,2,3,4). The number of hydrogen-bond donors (Lipinski definition) is 6. The van der Waals surface area contributed by atoms with Crippen molar-refractivity contribution in [3.05, 3.63) is 143 Å². The van der Waals surface area contributed by atoms with Crippen molar-refractivity contribution in [1.29, 1.82) is 0 Å². The highest BCUT2D eigenvalue weighted by Crippen LogP contribution is 2.43. The summed E-state index contributed by atoms with van der Waals surface area (Å²) in [6, 6.07) is 35.2. The minimum absolute atomic E-state index is 0.227. The Hall–Kier alpha value is -7.33. The lowest BCUT2D eigenvalue weighted by molar-refractivity contribution is -0.173. The number of carboxylic acid groups (broad SMARTS) is 2. The monoisotopic (exact) mass is 758 g/mol. The van der Waals surface area contributed by atoms with E-state index < -0.39 is 22.3 Å². The van der Waals surface area contributed by atoms with E-state index in [1.807, 2.05) is 36.4 Å². The SMILES string of the molecule is Nc1ccc2c(-c3ccccc3C(=O)O)c3ccc(=[NH2+])cc-3oc2c1.Nc1ccc2c(-c3ccccc3C(=O)O)c3ccc(=[NH2+])cc-3oc2c1.O=S(=O)([O-])[O-]. The first-order valence-corrected chi connectivity index (χ1v) is 17.4. The molecule has 4 aromatic rings. The Morgan fingerprint density at radius 1 is 0.545 bits per heavy atom. The van der Waals surface area contributed by atoms with Crippen molar-refractivity contribution in [2.75, 3.05) is 11.5 Å². The molecule has 14 nitrogen and oxygen atoms in total. The van der Waals surface area contributed by atoms with E-state index in [0.717, 1.165) is 33.0 Å². The molecular weight excluding hydrogens is 729 g/mol. The van der Waals surface area contributed by atoms with Crippen LogP contribution in [0.1, 0.15) is 20.7 Å². The van der Waals surface area contributed by atoms with Crippen molar-refractivity contribution in [3.8, 4) is 44.9 Å². The largest absolute Gasteiger partial charge is 0.759 e. The molecule has 8 rings (SSSR count). The van der Waals surface area contributed by atoms with Crippen molar-refractivity contribution in [2.24, 2.45) is 0 Å². The maximum Gasteiger partial charge on any atom is 0.336 e. The van der Waals surface area contributed by atoms with Crippen molar-refractivity contribution in [2.45, 2.75) is 0 Å². The predicted molar refractivity (Wildman–Crippen MR) is 200 cm³/mol. The van der Waals surface area contributed by atoms with Gasteiger partial charge < -0.3 is 39.6 Å². The van der Waals surface area contributed by atoms with Crippen LogP contribution in [0.3, 0.4) is 0 Å². The highest BCUT2D eigenvalue weighted by molar-refractivity contribution is 7.79. The average molecular weight is 759 g/mol. The van der Waals surface area contributed by atoms with Crippen LogP contribution in [0.2, 0.25) is 0 Å². The summed E-state index contributed by atoms with van der Waals surface area (Å²) in [6.07, 6.45) is 0. The number of rotatable bonds is 4. The highest BCUT2D eigenvalue weighted by Gasteiger charge is 2.23. The number of carbonyl (C=O) groups is 2. The third-order valence-electron chi connectivity index (χ3n) is 8.39. The van der Waals surface area contributed by atoms with E-state index in [2.05, 4.69) is 0 Å². The van der Waals surface area contributed by atoms with Crippen LogP contribution in [0.15, 0.2) is 130 Å². The average Bonchev–Trinajstić information content (AvgIpc) is 3.12. The molecule has 0 atom stereocenters. The van der Waals surface area contributed by atoms with Gasteiger partial charge in [0, 0.05) is 79.1 Å². The van der Waals surface area contributed by atoms with Gasteiger partial charge in [-0.3, -0.25) is 19.2 Å². The Labute approximate surface area is 311 Å². The molecule has 0 aromatic heterocycles. The lowest BCUT2D eigenvalue weighted by Crippen LogP contribution is -2.44. The quantitative estimate of drug-likeness (QED) is 0.0654. The van der Waals surface area contributed by atoms with Crippen molar-refractivity contribution >= 4 is 55.7 Å². The zero-order valence-corrected chi connectivity index (χ0v) is 29.2. The number of carboxylic acids is 2. The van der Waals surface area contributed by atoms with E-state index in [1.165, 1.54) is 0 Å². The fourth-order valence-electron chi connectivity index (χ4n) is 6.20. The van der Waals surface area contributed by atoms with Crippen LogP contribution < -0.4 is 33.0 Å². The molecule has 0 amide bonds. The van der Waals surface area contributed by atoms with Gasteiger partial charge >= 0.3 is 11.9 Å². The fourth-order valence-corrected chi connectivity index (χ4v) is 6.20. The Bertz CT molecular complexity index is 2760. The molecule has 276 valence electrons. The summed E-state index contributed by atoms with van der Waals surface area (Å²) in [4.78, 5) is 23.4. The van der Waals surface area contributed by atoms with E-state index in [-0.39, 0.29) is 11.1 Å². The molecule has 0 radical (unpaired) electrons. The van der Waals surface area contributed by atoms with Gasteiger partial charge in [0.15, 0.2) is 10.7 Å². The van der Waals surface area contributed by atoms with Gasteiger partial charge in [-0.2, -0.15) is 0 Å². The fraction of sp³-hybridized carbons (Fsp3) is 0. The summed E-state index contributed by atoms with van der Waals surface area (Å²) >= 11 is 0. The number of benzene rings is 6. The van der Waals surface area contributed by atoms with E-state index in [1.54, 1.807) is 84.9 Å². The molecule has 0 unspecified atom stereocenters. The Kier molecular flexibility index (Phi) is 10.2. The van der Waals surface area contributed by atoms with E-state index in [4.69, 9.17) is 48.6 Å². The van der Waals surface area contributed by atoms with Crippen LogP contribution >= 0.6 is 0 Å². The number of anilines is 2. The molecule has 10 N–H and O–H groups in total. The lowest BCUT2D eigenvalue weighted by atomic mass is 9.91. The van der Waals surface area contributed by atoms with Crippen LogP contribution in [0.4, 0.5) is 11.4 Å². The van der Waals surface area contributed by atoms with Crippen LogP contribution in [0.25, 0.3) is 66.8 Å². The normalized spacial score (nSPS) is 11.1. The van der Waals surface area contributed by atoms with Gasteiger partial charge in [0.25, 0.3) is 0 Å². The molecule has 2 aliphatic carbocycles. The Morgan fingerprint density at radius 2 is 0.909 bits per heavy atom. The molecule has 0 spiro atoms. The van der Waals surface area contributed by atoms with Crippen LogP contribution in [0, 0.1) is 0 Å². The molecule has 2 heterocycles. The van der Waals surface area contributed by atoms with E-state index in [9.17, 15) is 19.8 Å². The molecule has 2 aliphatic heterocycles. The third-order valence-corrected chi connectivity index (χ3v) is 8.39. The summed E-state index contributed by atoms with van der Waals surface area (Å²) in [7, 11) is -5.17. The Morgan fingerprint density at radius 3 is 1.27 bits per heavy atom. The number of nitrogens with two attached hydrogens (primary N) is 4. The smallest absolute Gasteiger partial charge is 0.336 e. The molecule has 0 bridgehead atoms. The van der Waals surface area contributed by atoms with Gasteiger partial charge in [0.2, 0.25) is 0 Å². The van der Waals surface area contributed by atoms with Gasteiger partial charge in [-0.25, -0.2) is 9.59 Å². The first-order valence-electron chi connectivity index (χ1n) is 16.1. The maximum atomic E-state index is 11.7. The molecule has 0 saturated carbocycles. The summed E-state index contributed by atoms with van der Waals surface area (Å²) in [5.41, 5.74) is 18.9. The Balaban J connectivity index is 0.000000167. The zero-order valence-electron chi connectivity index (χ0n) is 28.4. The van der Waals surface area contributed by atoms with Gasteiger partial charge in [0.05, 0.1) is 23.3 Å². The van der Waals surface area contributed by atoms with Crippen LogP contribution in [-0.2, 0) is 10.4 Å². The van der Waals surface area contributed by atoms with Gasteiger partial charge in [-0.1, -0.05) is 36.4 Å². The molecule has 4 aliphatic rings. The zero-order chi connectivity index (χ0) is 39.6. The minimum Gasteiger partial charge on any atom is -0.759 e. The summed E-state index contributed by atoms with van der Waals surface area (Å²) in [6.45, 7) is 0. The van der Waals surface area contributed by atoms with E-state index in [0.29, 0.717) is 55.9 Å². The van der Waals surface area contributed by atoms with Crippen molar-refractivity contribution < 1.29 is 57.0 Å². The van der Waals surface area contributed by atoms with Gasteiger partial charge in [-0.15, -0.1) is 0 Å². The molecule has 0 saturated heterocycles. The topological polar surface area (TPSA) is 284 Å². The molecular formula is C40H30N4O10S. The third kappa shape index (κ3) is 8.18. The number of hydrogen-bond acceptors (Lipinski definition) is 10. The number of nitrogen functional groups attached to an aromatic ring is 2. The molecule has 55 heavy (non-hydrogen) atoms. The second-order valence-corrected chi connectivity index (χ2v) is 12.9. The van der Waals surface area contributed by atoms with Crippen LogP contribution in [-0.4, -0.2) is 39.7 Å². The number of aromatic carboxylic acids is 2. The van der Waals surface area contributed by atoms with Crippen molar-refractivity contribution in [1.82, 2.24) is 0 Å². The number of fused-ring (bicyclic) bond motifs is 4. The summed E-state index contributed by atoms with van der Waals surface area (Å²) in [5.74, 6) is -0.811. The van der Waals surface area contributed by atoms with Gasteiger partial charge in [-0.05, 0) is 59.7 Å². The molecule has 0 fully saturated rings. The summed E-state index contributed by atoms with van der Waals surface area (Å²) < 4.78 is 46.0. The highest BCUT2D eigenvalue weighted by atomic mass is 32.3. The molecule has 15 heteroatoms. The summed E-state index contributed by atoms with van der Waals surface area (Å²) in [5, 5.41) is 33.7.